The van der Waals surface area contributed by atoms with Crippen molar-refractivity contribution in [1.29, 1.82) is 0 Å². The lowest BCUT2D eigenvalue weighted by Gasteiger charge is -2.01. The maximum Gasteiger partial charge on any atom is 0.230 e. The molecule has 7 heteroatoms. The van der Waals surface area contributed by atoms with E-state index in [1.165, 1.54) is 11.8 Å². The van der Waals surface area contributed by atoms with Gasteiger partial charge in [0.1, 0.15) is 12.1 Å². The van der Waals surface area contributed by atoms with E-state index >= 15 is 0 Å². The zero-order valence-corrected chi connectivity index (χ0v) is 12.5. The minimum atomic E-state index is -0.0857. The van der Waals surface area contributed by atoms with Gasteiger partial charge in [0, 0.05) is 0 Å². The van der Waals surface area contributed by atoms with Crippen LogP contribution in [0.15, 0.2) is 64.6 Å². The van der Waals surface area contributed by atoms with Crippen LogP contribution >= 0.6 is 11.8 Å². The van der Waals surface area contributed by atoms with Gasteiger partial charge in [-0.2, -0.15) is 0 Å². The van der Waals surface area contributed by atoms with Crippen molar-refractivity contribution in [2.45, 2.75) is 11.7 Å². The monoisotopic (exact) mass is 314 g/mol. The second kappa shape index (κ2) is 6.95. The summed E-state index contributed by atoms with van der Waals surface area (Å²) in [6.07, 6.45) is 3.22. The highest BCUT2D eigenvalue weighted by atomic mass is 32.2. The first-order valence-electron chi connectivity index (χ1n) is 6.70. The quantitative estimate of drug-likeness (QED) is 0.707. The predicted molar refractivity (Wildman–Crippen MR) is 82.6 cm³/mol. The maximum absolute atomic E-state index is 11.8. The molecule has 1 aromatic carbocycles. The molecule has 0 fully saturated rings. The molecule has 0 aliphatic rings. The summed E-state index contributed by atoms with van der Waals surface area (Å²) >= 11 is 1.30. The van der Waals surface area contributed by atoms with Gasteiger partial charge in [-0.05, 0) is 24.3 Å². The van der Waals surface area contributed by atoms with E-state index < -0.39 is 0 Å². The fourth-order valence-corrected chi connectivity index (χ4v) is 2.43. The Morgan fingerprint density at radius 2 is 2.09 bits per heavy atom. The summed E-state index contributed by atoms with van der Waals surface area (Å²) in [7, 11) is 0. The summed E-state index contributed by atoms with van der Waals surface area (Å²) in [6, 6.07) is 13.3. The Balaban J connectivity index is 1.49. The van der Waals surface area contributed by atoms with Crippen LogP contribution in [0.25, 0.3) is 5.69 Å². The van der Waals surface area contributed by atoms with Gasteiger partial charge < -0.3 is 9.73 Å². The first-order chi connectivity index (χ1) is 10.8. The number of amides is 1. The third kappa shape index (κ3) is 3.76. The van der Waals surface area contributed by atoms with Gasteiger partial charge in [0.25, 0.3) is 0 Å². The van der Waals surface area contributed by atoms with E-state index in [-0.39, 0.29) is 11.7 Å². The molecule has 0 radical (unpaired) electrons. The lowest BCUT2D eigenvalue weighted by atomic mass is 10.3. The van der Waals surface area contributed by atoms with Crippen LogP contribution in [-0.4, -0.2) is 26.4 Å². The van der Waals surface area contributed by atoms with E-state index in [1.807, 2.05) is 36.4 Å². The van der Waals surface area contributed by atoms with Gasteiger partial charge in [-0.15, -0.1) is 5.10 Å². The fourth-order valence-electron chi connectivity index (χ4n) is 1.80. The molecule has 0 unspecified atom stereocenters. The molecule has 0 saturated heterocycles. The minimum Gasteiger partial charge on any atom is -0.467 e. The number of hydrogen-bond donors (Lipinski definition) is 1. The molecule has 2 heterocycles. The number of furan rings is 1. The SMILES string of the molecule is O=C(CSc1ncn(-c2ccccc2)n1)NCc1ccco1. The number of aromatic nitrogens is 3. The fraction of sp³-hybridized carbons (Fsp3) is 0.133. The molecule has 1 amide bonds. The Bertz CT molecular complexity index is 725. The molecule has 0 aliphatic carbocycles. The van der Waals surface area contributed by atoms with Crippen LogP contribution < -0.4 is 5.32 Å². The van der Waals surface area contributed by atoms with Crippen LogP contribution in [0.5, 0.6) is 0 Å². The Kier molecular flexibility index (Phi) is 4.55. The molecule has 22 heavy (non-hydrogen) atoms. The van der Waals surface area contributed by atoms with E-state index in [9.17, 15) is 4.79 Å². The van der Waals surface area contributed by atoms with Gasteiger partial charge in [-0.25, -0.2) is 9.67 Å². The van der Waals surface area contributed by atoms with Crippen LogP contribution in [0.4, 0.5) is 0 Å². The number of para-hydroxylation sites is 1. The van der Waals surface area contributed by atoms with E-state index in [0.29, 0.717) is 11.7 Å². The van der Waals surface area contributed by atoms with Gasteiger partial charge in [0.2, 0.25) is 11.1 Å². The first kappa shape index (κ1) is 14.4. The number of carbonyl (C=O) groups excluding carboxylic acids is 1. The van der Waals surface area contributed by atoms with Crippen LogP contribution in [-0.2, 0) is 11.3 Å². The zero-order valence-electron chi connectivity index (χ0n) is 11.7. The van der Waals surface area contributed by atoms with Crippen molar-refractivity contribution < 1.29 is 9.21 Å². The third-order valence-electron chi connectivity index (χ3n) is 2.86. The largest absolute Gasteiger partial charge is 0.467 e. The minimum absolute atomic E-state index is 0.0857. The Morgan fingerprint density at radius 1 is 1.23 bits per heavy atom. The van der Waals surface area contributed by atoms with Crippen LogP contribution in [0.3, 0.4) is 0 Å². The second-order valence-electron chi connectivity index (χ2n) is 4.45. The standard InChI is InChI=1S/C15H14N4O2S/c20-14(16-9-13-7-4-8-21-13)10-22-15-17-11-19(18-15)12-5-2-1-3-6-12/h1-8,11H,9-10H2,(H,16,20). The van der Waals surface area contributed by atoms with Gasteiger partial charge in [-0.3, -0.25) is 4.79 Å². The van der Waals surface area contributed by atoms with Crippen LogP contribution in [0.1, 0.15) is 5.76 Å². The number of nitrogens with one attached hydrogen (secondary N) is 1. The van der Waals surface area contributed by atoms with Crippen LogP contribution in [0, 0.1) is 0 Å². The Morgan fingerprint density at radius 3 is 2.86 bits per heavy atom. The van der Waals surface area contributed by atoms with Crippen LogP contribution in [0.2, 0.25) is 0 Å². The highest BCUT2D eigenvalue weighted by molar-refractivity contribution is 7.99. The summed E-state index contributed by atoms with van der Waals surface area (Å²) in [4.78, 5) is 15.9. The van der Waals surface area contributed by atoms with Crippen molar-refractivity contribution in [3.63, 3.8) is 0 Å². The average molecular weight is 314 g/mol. The third-order valence-corrected chi connectivity index (χ3v) is 3.72. The topological polar surface area (TPSA) is 73.0 Å². The number of rotatable bonds is 6. The number of benzene rings is 1. The predicted octanol–water partition coefficient (Wildman–Crippen LogP) is 2.27. The molecule has 3 rings (SSSR count). The summed E-state index contributed by atoms with van der Waals surface area (Å²) < 4.78 is 6.83. The second-order valence-corrected chi connectivity index (χ2v) is 5.39. The molecule has 0 spiro atoms. The molecule has 2 aromatic heterocycles. The number of nitrogens with zero attached hydrogens (tertiary/aromatic N) is 3. The lowest BCUT2D eigenvalue weighted by molar-refractivity contribution is -0.118. The highest BCUT2D eigenvalue weighted by Gasteiger charge is 2.07. The average Bonchev–Trinajstić information content (AvgIpc) is 3.23. The summed E-state index contributed by atoms with van der Waals surface area (Å²) in [5.41, 5.74) is 0.934. The van der Waals surface area contributed by atoms with Gasteiger partial charge in [-0.1, -0.05) is 30.0 Å². The summed E-state index contributed by atoms with van der Waals surface area (Å²) in [6.45, 7) is 0.387. The van der Waals surface area contributed by atoms with E-state index in [4.69, 9.17) is 4.42 Å². The van der Waals surface area contributed by atoms with Crippen molar-refractivity contribution in [3.8, 4) is 5.69 Å². The van der Waals surface area contributed by atoms with Crippen molar-refractivity contribution in [2.75, 3.05) is 5.75 Å². The zero-order chi connectivity index (χ0) is 15.2. The molecule has 0 aliphatic heterocycles. The molecule has 3 aromatic rings. The normalized spacial score (nSPS) is 10.5. The van der Waals surface area contributed by atoms with Crippen molar-refractivity contribution in [1.82, 2.24) is 20.1 Å². The van der Waals surface area contributed by atoms with E-state index in [0.717, 1.165) is 11.4 Å². The molecule has 0 atom stereocenters. The number of thioether (sulfide) groups is 1. The summed E-state index contributed by atoms with van der Waals surface area (Å²) in [5.74, 6) is 0.904. The smallest absolute Gasteiger partial charge is 0.230 e. The maximum atomic E-state index is 11.8. The molecule has 6 nitrogen and oxygen atoms in total. The molecule has 0 bridgehead atoms. The Labute approximate surface area is 131 Å². The number of hydrogen-bond acceptors (Lipinski definition) is 5. The first-order valence-corrected chi connectivity index (χ1v) is 7.69. The van der Waals surface area contributed by atoms with Gasteiger partial charge in [0.15, 0.2) is 0 Å². The molecular formula is C15H14N4O2S. The number of carbonyl (C=O) groups is 1. The Hall–Kier alpha value is -2.54. The van der Waals surface area contributed by atoms with Crippen molar-refractivity contribution in [2.24, 2.45) is 0 Å². The molecule has 112 valence electrons. The van der Waals surface area contributed by atoms with E-state index in [2.05, 4.69) is 15.4 Å². The van der Waals surface area contributed by atoms with Crippen molar-refractivity contribution in [3.05, 3.63) is 60.8 Å². The van der Waals surface area contributed by atoms with E-state index in [1.54, 1.807) is 23.3 Å². The lowest BCUT2D eigenvalue weighted by Crippen LogP contribution is -2.24. The van der Waals surface area contributed by atoms with Crippen molar-refractivity contribution >= 4 is 17.7 Å². The summed E-state index contributed by atoms with van der Waals surface area (Å²) in [5, 5.41) is 7.68. The van der Waals surface area contributed by atoms with Gasteiger partial charge in [0.05, 0.1) is 24.2 Å². The molecule has 0 saturated carbocycles. The molecular weight excluding hydrogens is 300 g/mol. The molecule has 1 N–H and O–H groups in total. The highest BCUT2D eigenvalue weighted by Crippen LogP contribution is 2.13. The van der Waals surface area contributed by atoms with Gasteiger partial charge >= 0.3 is 0 Å².